The first-order chi connectivity index (χ1) is 11.7. The van der Waals surface area contributed by atoms with Crippen LogP contribution in [0.4, 0.5) is 4.39 Å². The minimum absolute atomic E-state index is 0.197. The van der Waals surface area contributed by atoms with Gasteiger partial charge in [-0.15, -0.1) is 0 Å². The SMILES string of the molecule is CCC(=O)N1CCCN(Cc2nc(-c3cccc(F)c3)no2)CC1. The zero-order chi connectivity index (χ0) is 16.9. The number of rotatable bonds is 4. The predicted molar refractivity (Wildman–Crippen MR) is 86.5 cm³/mol. The maximum Gasteiger partial charge on any atom is 0.241 e. The van der Waals surface area contributed by atoms with Gasteiger partial charge in [-0.1, -0.05) is 24.2 Å². The third-order valence-electron chi connectivity index (χ3n) is 4.15. The second-order valence-electron chi connectivity index (χ2n) is 5.89. The van der Waals surface area contributed by atoms with Crippen molar-refractivity contribution in [2.24, 2.45) is 0 Å². The van der Waals surface area contributed by atoms with E-state index in [2.05, 4.69) is 15.0 Å². The summed E-state index contributed by atoms with van der Waals surface area (Å²) in [5.41, 5.74) is 0.598. The first-order valence-electron chi connectivity index (χ1n) is 8.24. The van der Waals surface area contributed by atoms with E-state index < -0.39 is 0 Å². The fraction of sp³-hybridized carbons (Fsp3) is 0.471. The molecule has 1 aliphatic rings. The maximum absolute atomic E-state index is 13.3. The first kappa shape index (κ1) is 16.6. The zero-order valence-electron chi connectivity index (χ0n) is 13.7. The Kier molecular flexibility index (Phi) is 5.20. The van der Waals surface area contributed by atoms with Crippen LogP contribution in [0.3, 0.4) is 0 Å². The molecular formula is C17H21FN4O2. The van der Waals surface area contributed by atoms with Gasteiger partial charge in [0.15, 0.2) is 0 Å². The van der Waals surface area contributed by atoms with Gasteiger partial charge in [-0.05, 0) is 18.6 Å². The van der Waals surface area contributed by atoms with Crippen LogP contribution >= 0.6 is 0 Å². The minimum atomic E-state index is -0.327. The highest BCUT2D eigenvalue weighted by atomic mass is 19.1. The number of nitrogens with zero attached hydrogens (tertiary/aromatic N) is 4. The Bertz CT molecular complexity index is 703. The van der Waals surface area contributed by atoms with Gasteiger partial charge in [0.05, 0.1) is 6.54 Å². The summed E-state index contributed by atoms with van der Waals surface area (Å²) in [6.45, 7) is 5.60. The fourth-order valence-corrected chi connectivity index (χ4v) is 2.86. The lowest BCUT2D eigenvalue weighted by atomic mass is 10.2. The highest BCUT2D eigenvalue weighted by Gasteiger charge is 2.20. The van der Waals surface area contributed by atoms with Crippen molar-refractivity contribution in [2.75, 3.05) is 26.2 Å². The zero-order valence-corrected chi connectivity index (χ0v) is 13.7. The Morgan fingerprint density at radius 2 is 2.17 bits per heavy atom. The Labute approximate surface area is 140 Å². The van der Waals surface area contributed by atoms with Crippen molar-refractivity contribution in [2.45, 2.75) is 26.3 Å². The number of carbonyl (C=O) groups excluding carboxylic acids is 1. The minimum Gasteiger partial charge on any atom is -0.341 e. The summed E-state index contributed by atoms with van der Waals surface area (Å²) in [5, 5.41) is 3.93. The molecular weight excluding hydrogens is 311 g/mol. The molecule has 0 saturated carbocycles. The van der Waals surface area contributed by atoms with E-state index in [1.165, 1.54) is 12.1 Å². The summed E-state index contributed by atoms with van der Waals surface area (Å²) in [5.74, 6) is 0.765. The van der Waals surface area contributed by atoms with Crippen LogP contribution in [-0.2, 0) is 11.3 Å². The molecule has 1 aromatic carbocycles. The van der Waals surface area contributed by atoms with Gasteiger partial charge >= 0.3 is 0 Å². The lowest BCUT2D eigenvalue weighted by Crippen LogP contribution is -2.34. The number of amides is 1. The summed E-state index contributed by atoms with van der Waals surface area (Å²) >= 11 is 0. The molecule has 0 spiro atoms. The molecule has 7 heteroatoms. The summed E-state index contributed by atoms with van der Waals surface area (Å²) in [6, 6.07) is 6.13. The van der Waals surface area contributed by atoms with Crippen molar-refractivity contribution < 1.29 is 13.7 Å². The monoisotopic (exact) mass is 332 g/mol. The van der Waals surface area contributed by atoms with Crippen LogP contribution in [0.15, 0.2) is 28.8 Å². The van der Waals surface area contributed by atoms with E-state index in [0.29, 0.717) is 30.2 Å². The predicted octanol–water partition coefficient (Wildman–Crippen LogP) is 2.32. The Hall–Kier alpha value is -2.28. The van der Waals surface area contributed by atoms with E-state index in [1.54, 1.807) is 12.1 Å². The van der Waals surface area contributed by atoms with Gasteiger partial charge in [0.1, 0.15) is 5.82 Å². The molecule has 0 aliphatic carbocycles. The number of halogens is 1. The molecule has 0 N–H and O–H groups in total. The van der Waals surface area contributed by atoms with Crippen molar-refractivity contribution in [1.82, 2.24) is 19.9 Å². The molecule has 1 saturated heterocycles. The van der Waals surface area contributed by atoms with Gasteiger partial charge in [0.2, 0.25) is 17.6 Å². The van der Waals surface area contributed by atoms with Gasteiger partial charge < -0.3 is 9.42 Å². The van der Waals surface area contributed by atoms with Crippen LogP contribution in [0.2, 0.25) is 0 Å². The molecule has 0 radical (unpaired) electrons. The van der Waals surface area contributed by atoms with E-state index in [4.69, 9.17) is 4.52 Å². The Balaban J connectivity index is 1.62. The summed E-state index contributed by atoms with van der Waals surface area (Å²) < 4.78 is 18.6. The summed E-state index contributed by atoms with van der Waals surface area (Å²) in [6.07, 6.45) is 1.47. The Morgan fingerprint density at radius 1 is 1.29 bits per heavy atom. The third kappa shape index (κ3) is 3.97. The van der Waals surface area contributed by atoms with E-state index in [9.17, 15) is 9.18 Å². The number of aromatic nitrogens is 2. The first-order valence-corrected chi connectivity index (χ1v) is 8.24. The topological polar surface area (TPSA) is 62.5 Å². The summed E-state index contributed by atoms with van der Waals surface area (Å²) in [4.78, 5) is 20.3. The molecule has 2 aromatic rings. The number of benzene rings is 1. The average Bonchev–Trinajstić information content (AvgIpc) is 2.92. The lowest BCUT2D eigenvalue weighted by Gasteiger charge is -2.20. The number of carbonyl (C=O) groups is 1. The smallest absolute Gasteiger partial charge is 0.241 e. The van der Waals surface area contributed by atoms with Crippen molar-refractivity contribution in [3.8, 4) is 11.4 Å². The third-order valence-corrected chi connectivity index (χ3v) is 4.15. The summed E-state index contributed by atoms with van der Waals surface area (Å²) in [7, 11) is 0. The van der Waals surface area contributed by atoms with Crippen LogP contribution in [0.1, 0.15) is 25.7 Å². The van der Waals surface area contributed by atoms with Crippen molar-refractivity contribution >= 4 is 5.91 Å². The average molecular weight is 332 g/mol. The van der Waals surface area contributed by atoms with E-state index in [1.807, 2.05) is 11.8 Å². The number of hydrogen-bond donors (Lipinski definition) is 0. The molecule has 1 amide bonds. The van der Waals surface area contributed by atoms with Gasteiger partial charge in [0.25, 0.3) is 0 Å². The normalized spacial score (nSPS) is 16.2. The van der Waals surface area contributed by atoms with Gasteiger partial charge in [-0.25, -0.2) is 4.39 Å². The molecule has 0 atom stereocenters. The van der Waals surface area contributed by atoms with Crippen LogP contribution in [-0.4, -0.2) is 52.0 Å². The van der Waals surface area contributed by atoms with Crippen LogP contribution in [0.25, 0.3) is 11.4 Å². The quantitative estimate of drug-likeness (QED) is 0.860. The van der Waals surface area contributed by atoms with E-state index in [0.717, 1.165) is 32.6 Å². The molecule has 1 fully saturated rings. The molecule has 2 heterocycles. The van der Waals surface area contributed by atoms with Gasteiger partial charge in [0, 0.05) is 38.2 Å². The molecule has 6 nitrogen and oxygen atoms in total. The van der Waals surface area contributed by atoms with Crippen LogP contribution in [0, 0.1) is 5.82 Å². The van der Waals surface area contributed by atoms with Crippen molar-refractivity contribution in [3.63, 3.8) is 0 Å². The van der Waals surface area contributed by atoms with Gasteiger partial charge in [-0.2, -0.15) is 4.98 Å². The fourth-order valence-electron chi connectivity index (χ4n) is 2.86. The Morgan fingerprint density at radius 3 is 2.96 bits per heavy atom. The van der Waals surface area contributed by atoms with Crippen molar-refractivity contribution in [3.05, 3.63) is 36.0 Å². The van der Waals surface area contributed by atoms with Crippen LogP contribution in [0.5, 0.6) is 0 Å². The van der Waals surface area contributed by atoms with E-state index >= 15 is 0 Å². The molecule has 24 heavy (non-hydrogen) atoms. The second kappa shape index (κ2) is 7.53. The molecule has 1 aliphatic heterocycles. The molecule has 0 bridgehead atoms. The molecule has 1 aromatic heterocycles. The highest BCUT2D eigenvalue weighted by Crippen LogP contribution is 2.17. The van der Waals surface area contributed by atoms with Gasteiger partial charge in [-0.3, -0.25) is 9.69 Å². The number of hydrogen-bond acceptors (Lipinski definition) is 5. The lowest BCUT2D eigenvalue weighted by molar-refractivity contribution is -0.130. The van der Waals surface area contributed by atoms with E-state index in [-0.39, 0.29) is 11.7 Å². The second-order valence-corrected chi connectivity index (χ2v) is 5.89. The van der Waals surface area contributed by atoms with Crippen molar-refractivity contribution in [1.29, 1.82) is 0 Å². The van der Waals surface area contributed by atoms with Crippen LogP contribution < -0.4 is 0 Å². The molecule has 0 unspecified atom stereocenters. The molecule has 128 valence electrons. The molecule has 3 rings (SSSR count). The standard InChI is InChI=1S/C17H21FN4O2/c1-2-16(23)22-8-4-7-21(9-10-22)12-15-19-17(20-24-15)13-5-3-6-14(18)11-13/h3,5-6,11H,2,4,7-10,12H2,1H3. The highest BCUT2D eigenvalue weighted by molar-refractivity contribution is 5.75. The largest absolute Gasteiger partial charge is 0.341 e. The maximum atomic E-state index is 13.3.